The van der Waals surface area contributed by atoms with Crippen LogP contribution in [0.4, 0.5) is 5.69 Å². The highest BCUT2D eigenvalue weighted by Gasteiger charge is 2.09. The molecule has 4 heteroatoms. The van der Waals surface area contributed by atoms with Crippen molar-refractivity contribution in [1.29, 1.82) is 0 Å². The highest BCUT2D eigenvalue weighted by atomic mass is 35.5. The zero-order valence-electron chi connectivity index (χ0n) is 10.8. The molecule has 0 fully saturated rings. The number of anilines is 1. The number of hydrogen-bond donors (Lipinski definition) is 1. The minimum atomic E-state index is 0.670. The third-order valence-corrected chi connectivity index (χ3v) is 3.24. The van der Waals surface area contributed by atoms with Crippen LogP contribution in [0.15, 0.2) is 31.0 Å². The molecule has 0 unspecified atom stereocenters. The van der Waals surface area contributed by atoms with E-state index in [-0.39, 0.29) is 0 Å². The Morgan fingerprint density at radius 1 is 1.33 bits per heavy atom. The summed E-state index contributed by atoms with van der Waals surface area (Å²) in [5.74, 6) is 0. The van der Waals surface area contributed by atoms with Gasteiger partial charge in [0.1, 0.15) is 0 Å². The Morgan fingerprint density at radius 3 is 2.72 bits per heavy atom. The summed E-state index contributed by atoms with van der Waals surface area (Å²) in [6, 6.07) is 5.65. The van der Waals surface area contributed by atoms with Gasteiger partial charge in [-0.15, -0.1) is 0 Å². The van der Waals surface area contributed by atoms with Gasteiger partial charge in [-0.3, -0.25) is 0 Å². The molecule has 0 aliphatic heterocycles. The Labute approximate surface area is 120 Å². The van der Waals surface area contributed by atoms with Crippen LogP contribution < -0.4 is 10.2 Å². The quantitative estimate of drug-likeness (QED) is 0.716. The summed E-state index contributed by atoms with van der Waals surface area (Å²) in [6.45, 7) is 8.58. The smallest absolute Gasteiger partial charge is 0.0654 e. The van der Waals surface area contributed by atoms with E-state index in [2.05, 4.69) is 23.7 Å². The molecule has 100 valence electrons. The first-order valence-electron chi connectivity index (χ1n) is 6.23. The molecular formula is C14H20Cl2N2. The van der Waals surface area contributed by atoms with E-state index in [1.807, 2.05) is 12.1 Å². The molecule has 0 radical (unpaired) electrons. The zero-order chi connectivity index (χ0) is 13.4. The van der Waals surface area contributed by atoms with Crippen LogP contribution in [0.3, 0.4) is 0 Å². The Hall–Kier alpha value is -0.860. The molecule has 1 aromatic carbocycles. The Morgan fingerprint density at radius 2 is 2.11 bits per heavy atom. The van der Waals surface area contributed by atoms with E-state index in [0.717, 1.165) is 38.2 Å². The molecule has 1 rings (SSSR count). The first-order valence-corrected chi connectivity index (χ1v) is 6.99. The summed E-state index contributed by atoms with van der Waals surface area (Å²) < 4.78 is 0. The van der Waals surface area contributed by atoms with E-state index in [1.54, 1.807) is 12.3 Å². The molecule has 1 aromatic rings. The van der Waals surface area contributed by atoms with Crippen molar-refractivity contribution in [2.45, 2.75) is 19.8 Å². The maximum absolute atomic E-state index is 6.25. The largest absolute Gasteiger partial charge is 0.390 e. The second kappa shape index (κ2) is 8.28. The van der Waals surface area contributed by atoms with E-state index in [9.17, 15) is 0 Å². The zero-order valence-corrected chi connectivity index (χ0v) is 12.3. The SMILES string of the molecule is C=CNCCN(CCCC)c1ccc(Cl)cc1Cl. The lowest BCUT2D eigenvalue weighted by atomic mass is 10.2. The minimum Gasteiger partial charge on any atom is -0.390 e. The van der Waals surface area contributed by atoms with Gasteiger partial charge in [0.15, 0.2) is 0 Å². The van der Waals surface area contributed by atoms with Gasteiger partial charge >= 0.3 is 0 Å². The van der Waals surface area contributed by atoms with Gasteiger partial charge in [-0.1, -0.05) is 43.1 Å². The first-order chi connectivity index (χ1) is 8.69. The van der Waals surface area contributed by atoms with E-state index < -0.39 is 0 Å². The van der Waals surface area contributed by atoms with Gasteiger partial charge in [0.2, 0.25) is 0 Å². The summed E-state index contributed by atoms with van der Waals surface area (Å²) >= 11 is 12.2. The van der Waals surface area contributed by atoms with E-state index >= 15 is 0 Å². The molecule has 0 saturated heterocycles. The fourth-order valence-corrected chi connectivity index (χ4v) is 2.27. The maximum Gasteiger partial charge on any atom is 0.0654 e. The number of benzene rings is 1. The molecule has 0 spiro atoms. The maximum atomic E-state index is 6.25. The molecule has 0 aliphatic carbocycles. The molecule has 0 heterocycles. The Bertz CT molecular complexity index is 380. The summed E-state index contributed by atoms with van der Waals surface area (Å²) in [6.07, 6.45) is 4.02. The summed E-state index contributed by atoms with van der Waals surface area (Å²) in [5, 5.41) is 4.48. The van der Waals surface area contributed by atoms with Crippen molar-refractivity contribution in [2.24, 2.45) is 0 Å². The van der Waals surface area contributed by atoms with Crippen molar-refractivity contribution in [2.75, 3.05) is 24.5 Å². The van der Waals surface area contributed by atoms with Crippen LogP contribution in [-0.2, 0) is 0 Å². The summed E-state index contributed by atoms with van der Waals surface area (Å²) in [5.41, 5.74) is 1.04. The summed E-state index contributed by atoms with van der Waals surface area (Å²) in [4.78, 5) is 2.28. The second-order valence-corrected chi connectivity index (χ2v) is 4.94. The van der Waals surface area contributed by atoms with Crippen LogP contribution in [0.1, 0.15) is 19.8 Å². The number of unbranched alkanes of at least 4 members (excludes halogenated alkanes) is 1. The lowest BCUT2D eigenvalue weighted by Crippen LogP contribution is -2.31. The van der Waals surface area contributed by atoms with Crippen LogP contribution in [0.2, 0.25) is 10.0 Å². The number of nitrogens with zero attached hydrogens (tertiary/aromatic N) is 1. The van der Waals surface area contributed by atoms with Crippen molar-refractivity contribution in [1.82, 2.24) is 5.32 Å². The lowest BCUT2D eigenvalue weighted by Gasteiger charge is -2.26. The molecule has 0 saturated carbocycles. The topological polar surface area (TPSA) is 15.3 Å². The van der Waals surface area contributed by atoms with Gasteiger partial charge < -0.3 is 10.2 Å². The molecule has 0 aromatic heterocycles. The van der Waals surface area contributed by atoms with Gasteiger partial charge in [0.25, 0.3) is 0 Å². The standard InChI is InChI=1S/C14H20Cl2N2/c1-3-5-9-18(10-8-17-4-2)14-7-6-12(15)11-13(14)16/h4,6-7,11,17H,2-3,5,8-10H2,1H3. The van der Waals surface area contributed by atoms with Gasteiger partial charge in [0.05, 0.1) is 10.7 Å². The predicted octanol–water partition coefficient (Wildman–Crippen LogP) is 4.33. The second-order valence-electron chi connectivity index (χ2n) is 4.09. The minimum absolute atomic E-state index is 0.670. The average Bonchev–Trinajstić information content (AvgIpc) is 2.34. The normalized spacial score (nSPS) is 10.2. The fraction of sp³-hybridized carbons (Fsp3) is 0.429. The van der Waals surface area contributed by atoms with Crippen LogP contribution in [0.25, 0.3) is 0 Å². The van der Waals surface area contributed by atoms with Gasteiger partial charge in [-0.05, 0) is 30.8 Å². The van der Waals surface area contributed by atoms with Crippen LogP contribution in [0, 0.1) is 0 Å². The third kappa shape index (κ3) is 4.79. The highest BCUT2D eigenvalue weighted by Crippen LogP contribution is 2.28. The average molecular weight is 287 g/mol. The van der Waals surface area contributed by atoms with Crippen molar-refractivity contribution < 1.29 is 0 Å². The monoisotopic (exact) mass is 286 g/mol. The molecule has 0 aliphatic rings. The third-order valence-electron chi connectivity index (χ3n) is 2.70. The molecule has 0 atom stereocenters. The molecule has 0 bridgehead atoms. The number of rotatable bonds is 8. The van der Waals surface area contributed by atoms with Gasteiger partial charge in [-0.25, -0.2) is 0 Å². The van der Waals surface area contributed by atoms with Crippen LogP contribution in [0.5, 0.6) is 0 Å². The number of hydrogen-bond acceptors (Lipinski definition) is 2. The predicted molar refractivity (Wildman–Crippen MR) is 81.8 cm³/mol. The lowest BCUT2D eigenvalue weighted by molar-refractivity contribution is 0.694. The molecule has 18 heavy (non-hydrogen) atoms. The van der Waals surface area contributed by atoms with Crippen LogP contribution >= 0.6 is 23.2 Å². The Kier molecular flexibility index (Phi) is 6.99. The molecule has 1 N–H and O–H groups in total. The van der Waals surface area contributed by atoms with Crippen LogP contribution in [-0.4, -0.2) is 19.6 Å². The van der Waals surface area contributed by atoms with Crippen molar-refractivity contribution in [3.8, 4) is 0 Å². The molecule has 2 nitrogen and oxygen atoms in total. The van der Waals surface area contributed by atoms with Crippen molar-refractivity contribution >= 4 is 28.9 Å². The summed E-state index contributed by atoms with van der Waals surface area (Å²) in [7, 11) is 0. The molecular weight excluding hydrogens is 267 g/mol. The van der Waals surface area contributed by atoms with Gasteiger partial charge in [0, 0.05) is 24.7 Å². The van der Waals surface area contributed by atoms with Crippen molar-refractivity contribution in [3.63, 3.8) is 0 Å². The number of nitrogens with one attached hydrogen (secondary N) is 1. The van der Waals surface area contributed by atoms with Crippen molar-refractivity contribution in [3.05, 3.63) is 41.0 Å². The number of halogens is 2. The Balaban J connectivity index is 2.76. The highest BCUT2D eigenvalue weighted by molar-refractivity contribution is 6.36. The fourth-order valence-electron chi connectivity index (χ4n) is 1.74. The van der Waals surface area contributed by atoms with E-state index in [1.165, 1.54) is 0 Å². The molecule has 0 amide bonds. The van der Waals surface area contributed by atoms with Gasteiger partial charge in [-0.2, -0.15) is 0 Å². The van der Waals surface area contributed by atoms with E-state index in [0.29, 0.717) is 10.0 Å². The first kappa shape index (κ1) is 15.2. The van der Waals surface area contributed by atoms with E-state index in [4.69, 9.17) is 23.2 Å².